The Hall–Kier alpha value is -3.26. The van der Waals surface area contributed by atoms with Gasteiger partial charge in [-0.05, 0) is 12.1 Å². The number of esters is 1. The summed E-state index contributed by atoms with van der Waals surface area (Å²) in [7, 11) is 1.09. The van der Waals surface area contributed by atoms with Crippen LogP contribution in [0.5, 0.6) is 0 Å². The maximum Gasteiger partial charge on any atom is 0.343 e. The second-order valence-corrected chi connectivity index (χ2v) is 5.80. The van der Waals surface area contributed by atoms with Crippen molar-refractivity contribution in [3.63, 3.8) is 0 Å². The number of carbonyl (C=O) groups is 1. The first kappa shape index (κ1) is 17.6. The highest BCUT2D eigenvalue weighted by atomic mass is 35.5. The van der Waals surface area contributed by atoms with E-state index in [2.05, 4.69) is 9.72 Å². The van der Waals surface area contributed by atoms with Crippen LogP contribution in [0.4, 0.5) is 5.69 Å². The Morgan fingerprint density at radius 1 is 1.38 bits per heavy atom. The minimum absolute atomic E-state index is 0.0856. The third kappa shape index (κ3) is 3.14. The number of aromatic nitrogens is 2. The second-order valence-electron chi connectivity index (χ2n) is 5.39. The van der Waals surface area contributed by atoms with E-state index >= 15 is 0 Å². The molecular formula is C17H12ClN3O5. The van der Waals surface area contributed by atoms with Gasteiger partial charge in [-0.2, -0.15) is 0 Å². The summed E-state index contributed by atoms with van der Waals surface area (Å²) < 4.78 is 5.59. The molecule has 0 aliphatic heterocycles. The quantitative estimate of drug-likeness (QED) is 0.395. The third-order valence-corrected chi connectivity index (χ3v) is 4.19. The van der Waals surface area contributed by atoms with E-state index in [0.29, 0.717) is 16.1 Å². The number of ether oxygens (including phenoxy) is 1. The highest BCUT2D eigenvalue weighted by molar-refractivity contribution is 6.32. The molecule has 132 valence electrons. The zero-order chi connectivity index (χ0) is 18.8. The summed E-state index contributed by atoms with van der Waals surface area (Å²) >= 11 is 6.26. The Labute approximate surface area is 151 Å². The molecular weight excluding hydrogens is 362 g/mol. The predicted molar refractivity (Wildman–Crippen MR) is 94.6 cm³/mol. The van der Waals surface area contributed by atoms with Gasteiger partial charge in [-0.3, -0.25) is 19.9 Å². The van der Waals surface area contributed by atoms with Crippen molar-refractivity contribution in [1.29, 1.82) is 0 Å². The van der Waals surface area contributed by atoms with Crippen molar-refractivity contribution in [1.82, 2.24) is 9.55 Å². The highest BCUT2D eigenvalue weighted by Crippen LogP contribution is 2.25. The van der Waals surface area contributed by atoms with Crippen molar-refractivity contribution in [2.45, 2.75) is 6.54 Å². The average molecular weight is 374 g/mol. The normalized spacial score (nSPS) is 10.7. The van der Waals surface area contributed by atoms with E-state index in [1.165, 1.54) is 0 Å². The van der Waals surface area contributed by atoms with Crippen LogP contribution in [0.15, 0.2) is 47.5 Å². The van der Waals surface area contributed by atoms with Gasteiger partial charge < -0.3 is 9.30 Å². The Kier molecular flexibility index (Phi) is 4.68. The van der Waals surface area contributed by atoms with Crippen LogP contribution in [0.3, 0.4) is 0 Å². The van der Waals surface area contributed by atoms with Gasteiger partial charge in [0.15, 0.2) is 0 Å². The van der Waals surface area contributed by atoms with Crippen molar-refractivity contribution in [3.05, 3.63) is 79.3 Å². The van der Waals surface area contributed by atoms with E-state index in [1.54, 1.807) is 24.4 Å². The molecule has 0 atom stereocenters. The van der Waals surface area contributed by atoms with Crippen molar-refractivity contribution in [3.8, 4) is 0 Å². The van der Waals surface area contributed by atoms with Crippen molar-refractivity contribution >= 4 is 34.2 Å². The van der Waals surface area contributed by atoms with Crippen LogP contribution in [0.25, 0.3) is 10.9 Å². The molecule has 3 rings (SSSR count). The number of methoxy groups -OCH3 is 1. The van der Waals surface area contributed by atoms with E-state index in [1.807, 2.05) is 6.07 Å². The number of rotatable bonds is 4. The van der Waals surface area contributed by atoms with Crippen LogP contribution in [-0.2, 0) is 11.3 Å². The lowest BCUT2D eigenvalue weighted by molar-refractivity contribution is -0.385. The topological polar surface area (TPSA) is 104 Å². The fraction of sp³-hybridized carbons (Fsp3) is 0.118. The Morgan fingerprint density at radius 2 is 2.15 bits per heavy atom. The fourth-order valence-corrected chi connectivity index (χ4v) is 2.81. The van der Waals surface area contributed by atoms with Gasteiger partial charge in [-0.1, -0.05) is 23.7 Å². The van der Waals surface area contributed by atoms with E-state index < -0.39 is 27.7 Å². The molecule has 26 heavy (non-hydrogen) atoms. The van der Waals surface area contributed by atoms with Gasteiger partial charge in [0.2, 0.25) is 0 Å². The summed E-state index contributed by atoms with van der Waals surface area (Å²) in [5.41, 5.74) is -0.465. The summed E-state index contributed by atoms with van der Waals surface area (Å²) in [4.78, 5) is 39.1. The Balaban J connectivity index is 2.21. The first-order valence-electron chi connectivity index (χ1n) is 7.41. The number of halogens is 1. The summed E-state index contributed by atoms with van der Waals surface area (Å²) in [6, 6.07) is 7.93. The van der Waals surface area contributed by atoms with Gasteiger partial charge in [0, 0.05) is 28.2 Å². The van der Waals surface area contributed by atoms with Gasteiger partial charge in [0.1, 0.15) is 5.56 Å². The number of hydrogen-bond acceptors (Lipinski definition) is 6. The highest BCUT2D eigenvalue weighted by Gasteiger charge is 2.20. The first-order valence-corrected chi connectivity index (χ1v) is 7.79. The summed E-state index contributed by atoms with van der Waals surface area (Å²) in [5.74, 6) is -0.949. The van der Waals surface area contributed by atoms with Crippen LogP contribution in [0.1, 0.15) is 15.9 Å². The van der Waals surface area contributed by atoms with Crippen molar-refractivity contribution in [2.24, 2.45) is 0 Å². The zero-order valence-electron chi connectivity index (χ0n) is 13.5. The van der Waals surface area contributed by atoms with E-state index in [4.69, 9.17) is 11.6 Å². The zero-order valence-corrected chi connectivity index (χ0v) is 14.3. The molecule has 0 fully saturated rings. The van der Waals surface area contributed by atoms with Crippen LogP contribution >= 0.6 is 11.6 Å². The first-order chi connectivity index (χ1) is 12.4. The lowest BCUT2D eigenvalue weighted by Crippen LogP contribution is -2.27. The molecule has 8 nitrogen and oxygen atoms in total. The number of pyridine rings is 2. The molecule has 0 aliphatic rings. The molecule has 0 aliphatic carbocycles. The minimum atomic E-state index is -0.949. The molecule has 0 saturated carbocycles. The molecule has 0 bridgehead atoms. The monoisotopic (exact) mass is 373 g/mol. The molecule has 2 aromatic heterocycles. The average Bonchev–Trinajstić information content (AvgIpc) is 2.64. The molecule has 3 aromatic rings. The molecule has 0 unspecified atom stereocenters. The largest absolute Gasteiger partial charge is 0.465 e. The van der Waals surface area contributed by atoms with E-state index in [0.717, 1.165) is 29.3 Å². The molecule has 0 spiro atoms. The number of hydrogen-bond donors (Lipinski definition) is 0. The summed E-state index contributed by atoms with van der Waals surface area (Å²) in [5, 5.41) is 12.3. The molecule has 0 radical (unpaired) electrons. The minimum Gasteiger partial charge on any atom is -0.465 e. The van der Waals surface area contributed by atoms with Crippen molar-refractivity contribution < 1.29 is 14.5 Å². The van der Waals surface area contributed by atoms with Crippen LogP contribution in [-0.4, -0.2) is 27.6 Å². The molecule has 9 heteroatoms. The smallest absolute Gasteiger partial charge is 0.343 e. The Bertz CT molecular complexity index is 1090. The van der Waals surface area contributed by atoms with Gasteiger partial charge >= 0.3 is 5.97 Å². The maximum atomic E-state index is 12.6. The summed E-state index contributed by atoms with van der Waals surface area (Å²) in [6.07, 6.45) is 2.64. The number of nitrogens with zero attached hydrogens (tertiary/aromatic N) is 3. The SMILES string of the molecule is COC(=O)c1cc([N+](=O)[O-])cn(Cc2c(Cl)ccc3cccnc23)c1=O. The maximum absolute atomic E-state index is 12.6. The van der Waals surface area contributed by atoms with E-state index in [-0.39, 0.29) is 6.54 Å². The van der Waals surface area contributed by atoms with Crippen molar-refractivity contribution in [2.75, 3.05) is 7.11 Å². The number of carbonyl (C=O) groups excluding carboxylic acids is 1. The molecule has 0 N–H and O–H groups in total. The van der Waals surface area contributed by atoms with Crippen LogP contribution < -0.4 is 5.56 Å². The molecule has 2 heterocycles. The van der Waals surface area contributed by atoms with Crippen LogP contribution in [0.2, 0.25) is 5.02 Å². The van der Waals surface area contributed by atoms with Gasteiger partial charge in [0.05, 0.1) is 30.3 Å². The fourth-order valence-electron chi connectivity index (χ4n) is 2.60. The van der Waals surface area contributed by atoms with E-state index in [9.17, 15) is 19.7 Å². The lowest BCUT2D eigenvalue weighted by Gasteiger charge is -2.11. The lowest BCUT2D eigenvalue weighted by atomic mass is 10.1. The van der Waals surface area contributed by atoms with Crippen LogP contribution in [0, 0.1) is 10.1 Å². The van der Waals surface area contributed by atoms with Gasteiger partial charge in [-0.15, -0.1) is 0 Å². The molecule has 0 saturated heterocycles. The molecule has 0 amide bonds. The van der Waals surface area contributed by atoms with Gasteiger partial charge in [-0.25, -0.2) is 4.79 Å². The molecule has 1 aromatic carbocycles. The number of benzene rings is 1. The standard InChI is InChI=1S/C17H12ClN3O5/c1-26-17(23)12-7-11(21(24)25)8-20(16(12)22)9-13-14(18)5-4-10-3-2-6-19-15(10)13/h2-8H,9H2,1H3. The van der Waals surface area contributed by atoms with Gasteiger partial charge in [0.25, 0.3) is 11.2 Å². The summed E-state index contributed by atoms with van der Waals surface area (Å²) in [6.45, 7) is -0.0856. The predicted octanol–water partition coefficient (Wildman–Crippen LogP) is 2.79. The second kappa shape index (κ2) is 6.93. The number of fused-ring (bicyclic) bond motifs is 1. The third-order valence-electron chi connectivity index (χ3n) is 3.84. The Morgan fingerprint density at radius 3 is 2.85 bits per heavy atom. The number of nitro groups is 1.